The van der Waals surface area contributed by atoms with E-state index in [-0.39, 0.29) is 11.8 Å². The Balaban J connectivity index is 1.78. The number of nitrogens with two attached hydrogens (primary N) is 1. The predicted molar refractivity (Wildman–Crippen MR) is 151 cm³/mol. The van der Waals surface area contributed by atoms with Gasteiger partial charge in [0, 0.05) is 17.3 Å². The molecule has 3 rings (SSSR count). The Kier molecular flexibility index (Phi) is 9.77. The second kappa shape index (κ2) is 12.6. The molecular weight excluding hydrogens is 526 g/mol. The maximum absolute atomic E-state index is 11.6. The average molecular weight is 562 g/mol. The lowest BCUT2D eigenvalue weighted by Gasteiger charge is -2.26. The molecule has 0 spiro atoms. The van der Waals surface area contributed by atoms with Crippen LogP contribution in [0.2, 0.25) is 0 Å². The van der Waals surface area contributed by atoms with Gasteiger partial charge in [-0.1, -0.05) is 49.4 Å². The van der Waals surface area contributed by atoms with Crippen LogP contribution in [-0.4, -0.2) is 46.8 Å². The number of aliphatic hydroxyl groups excluding tert-OH is 1. The average Bonchev–Trinajstić information content (AvgIpc) is 2.82. The number of para-hydroxylation sites is 1. The Bertz CT molecular complexity index is 1300. The minimum Gasteiger partial charge on any atom is -0.473 e. The normalized spacial score (nSPS) is 14.5. The summed E-state index contributed by atoms with van der Waals surface area (Å²) in [4.78, 5) is 0. The summed E-state index contributed by atoms with van der Waals surface area (Å²) in [6.45, 7) is 2.02. The van der Waals surface area contributed by atoms with Crippen molar-refractivity contribution >= 4 is 31.4 Å². The van der Waals surface area contributed by atoms with Crippen molar-refractivity contribution in [3.05, 3.63) is 90.0 Å². The summed E-state index contributed by atoms with van der Waals surface area (Å²) in [6, 6.07) is 23.3. The van der Waals surface area contributed by atoms with Crippen LogP contribution in [0.15, 0.2) is 78.9 Å². The predicted octanol–water partition coefficient (Wildman–Crippen LogP) is 3.70. The van der Waals surface area contributed by atoms with E-state index in [1.165, 1.54) is 0 Å². The third-order valence-electron chi connectivity index (χ3n) is 5.91. The number of rotatable bonds is 13. The highest BCUT2D eigenvalue weighted by molar-refractivity contribution is 7.92. The number of nitrogens with one attached hydrogen (secondary N) is 2. The van der Waals surface area contributed by atoms with Gasteiger partial charge in [-0.2, -0.15) is 0 Å². The molecule has 0 aromatic heterocycles. The van der Waals surface area contributed by atoms with Crippen LogP contribution >= 0.6 is 0 Å². The Morgan fingerprint density at radius 1 is 0.763 bits per heavy atom. The van der Waals surface area contributed by atoms with Crippen molar-refractivity contribution in [1.82, 2.24) is 0 Å². The van der Waals surface area contributed by atoms with Crippen molar-refractivity contribution in [3.8, 4) is 5.75 Å². The molecule has 0 saturated heterocycles. The molecule has 5 N–H and O–H groups in total. The zero-order valence-electron chi connectivity index (χ0n) is 21.6. The molecule has 0 heterocycles. The third-order valence-corrected chi connectivity index (χ3v) is 7.12. The van der Waals surface area contributed by atoms with Gasteiger partial charge in [0.25, 0.3) is 0 Å². The highest BCUT2D eigenvalue weighted by Crippen LogP contribution is 2.34. The second-order valence-electron chi connectivity index (χ2n) is 9.58. The van der Waals surface area contributed by atoms with Gasteiger partial charge in [-0.25, -0.2) is 16.8 Å². The van der Waals surface area contributed by atoms with Crippen molar-refractivity contribution < 1.29 is 26.7 Å². The number of sulfonamides is 2. The summed E-state index contributed by atoms with van der Waals surface area (Å²) in [6.07, 6.45) is 1.44. The molecule has 206 valence electrons. The van der Waals surface area contributed by atoms with E-state index in [9.17, 15) is 21.9 Å². The summed E-state index contributed by atoms with van der Waals surface area (Å²) in [5.74, 6) is 0.501. The van der Waals surface area contributed by atoms with E-state index >= 15 is 0 Å². The molecule has 11 heteroatoms. The van der Waals surface area contributed by atoms with Crippen LogP contribution in [0.4, 0.5) is 11.4 Å². The molecule has 0 amide bonds. The van der Waals surface area contributed by atoms with Gasteiger partial charge in [0.15, 0.2) is 6.23 Å². The molecule has 0 fully saturated rings. The Hall–Kier alpha value is -3.12. The first-order chi connectivity index (χ1) is 17.8. The Morgan fingerprint density at radius 3 is 1.63 bits per heavy atom. The van der Waals surface area contributed by atoms with Crippen molar-refractivity contribution in [2.24, 2.45) is 11.7 Å². The van der Waals surface area contributed by atoms with Crippen molar-refractivity contribution in [3.63, 3.8) is 0 Å². The first-order valence-corrected chi connectivity index (χ1v) is 15.9. The van der Waals surface area contributed by atoms with E-state index < -0.39 is 32.4 Å². The Labute approximate surface area is 225 Å². The molecular formula is C27H35N3O6S2. The topological polar surface area (TPSA) is 148 Å². The second-order valence-corrected chi connectivity index (χ2v) is 13.1. The number of hydrogen-bond acceptors (Lipinski definition) is 7. The quantitative estimate of drug-likeness (QED) is 0.233. The molecule has 38 heavy (non-hydrogen) atoms. The SMILES string of the molecule is CC(CC(c1ccc(NS(C)(=O)=O)cc1)c1ccc(NS(C)(=O)=O)cc1)C[C@H](O)C(N)Oc1ccccc1. The minimum absolute atomic E-state index is 0.0306. The number of benzene rings is 3. The van der Waals surface area contributed by atoms with Gasteiger partial charge >= 0.3 is 0 Å². The molecule has 3 atom stereocenters. The lowest BCUT2D eigenvalue weighted by molar-refractivity contribution is 0.0243. The number of anilines is 2. The van der Waals surface area contributed by atoms with Gasteiger partial charge < -0.3 is 9.84 Å². The summed E-state index contributed by atoms with van der Waals surface area (Å²) in [7, 11) is -6.81. The van der Waals surface area contributed by atoms with Crippen LogP contribution in [-0.2, 0) is 20.0 Å². The fraction of sp³-hybridized carbons (Fsp3) is 0.333. The standard InChI is InChI=1S/C27H35N3O6S2/c1-19(18-26(31)27(28)36-24-7-5-4-6-8-24)17-25(20-9-13-22(14-10-20)29-37(2,32)33)21-11-15-23(16-12-21)30-38(3,34)35/h4-16,19,25-27,29-31H,17-18,28H2,1-3H3/t19?,26-,27?/m0/s1. The highest BCUT2D eigenvalue weighted by atomic mass is 32.2. The smallest absolute Gasteiger partial charge is 0.229 e. The minimum atomic E-state index is -3.40. The summed E-state index contributed by atoms with van der Waals surface area (Å²) in [5.41, 5.74) is 8.90. The van der Waals surface area contributed by atoms with E-state index in [1.807, 2.05) is 49.4 Å². The van der Waals surface area contributed by atoms with Crippen LogP contribution in [0.3, 0.4) is 0 Å². The number of aliphatic hydroxyl groups is 1. The summed E-state index contributed by atoms with van der Waals surface area (Å²) in [5, 5.41) is 10.7. The van der Waals surface area contributed by atoms with E-state index in [0.29, 0.717) is 30.0 Å². The molecule has 3 aromatic rings. The van der Waals surface area contributed by atoms with Gasteiger partial charge in [0.1, 0.15) is 11.9 Å². The van der Waals surface area contributed by atoms with Crippen LogP contribution in [0.1, 0.15) is 36.8 Å². The molecule has 0 bridgehead atoms. The van der Waals surface area contributed by atoms with Gasteiger partial charge in [-0.15, -0.1) is 0 Å². The van der Waals surface area contributed by atoms with E-state index in [1.54, 1.807) is 36.4 Å². The van der Waals surface area contributed by atoms with Crippen molar-refractivity contribution in [2.75, 3.05) is 22.0 Å². The first kappa shape index (κ1) is 29.4. The molecule has 0 saturated carbocycles. The van der Waals surface area contributed by atoms with Gasteiger partial charge in [-0.3, -0.25) is 15.2 Å². The fourth-order valence-electron chi connectivity index (χ4n) is 4.24. The van der Waals surface area contributed by atoms with Gasteiger partial charge in [0.2, 0.25) is 20.0 Å². The lowest BCUT2D eigenvalue weighted by Crippen LogP contribution is -2.40. The van der Waals surface area contributed by atoms with Crippen LogP contribution in [0.25, 0.3) is 0 Å². The zero-order chi connectivity index (χ0) is 27.9. The zero-order valence-corrected chi connectivity index (χ0v) is 23.2. The number of ether oxygens (including phenoxy) is 1. The highest BCUT2D eigenvalue weighted by Gasteiger charge is 2.24. The fourth-order valence-corrected chi connectivity index (χ4v) is 5.37. The maximum atomic E-state index is 11.6. The molecule has 2 unspecified atom stereocenters. The maximum Gasteiger partial charge on any atom is 0.229 e. The monoisotopic (exact) mass is 561 g/mol. The molecule has 0 aliphatic carbocycles. The third kappa shape index (κ3) is 9.64. The van der Waals surface area contributed by atoms with E-state index in [0.717, 1.165) is 23.6 Å². The first-order valence-electron chi connectivity index (χ1n) is 12.1. The lowest BCUT2D eigenvalue weighted by atomic mass is 9.82. The van der Waals surface area contributed by atoms with Crippen LogP contribution in [0.5, 0.6) is 5.75 Å². The van der Waals surface area contributed by atoms with Crippen molar-refractivity contribution in [2.45, 2.75) is 38.0 Å². The summed E-state index contributed by atoms with van der Waals surface area (Å²) >= 11 is 0. The Morgan fingerprint density at radius 2 is 1.21 bits per heavy atom. The molecule has 0 aliphatic rings. The van der Waals surface area contributed by atoms with Crippen LogP contribution in [0, 0.1) is 5.92 Å². The van der Waals surface area contributed by atoms with Crippen molar-refractivity contribution in [1.29, 1.82) is 0 Å². The number of hydrogen-bond donors (Lipinski definition) is 4. The molecule has 0 radical (unpaired) electrons. The van der Waals surface area contributed by atoms with Gasteiger partial charge in [-0.05, 0) is 66.3 Å². The van der Waals surface area contributed by atoms with Gasteiger partial charge in [0.05, 0.1) is 12.5 Å². The largest absolute Gasteiger partial charge is 0.473 e. The molecule has 0 aliphatic heterocycles. The molecule has 3 aromatic carbocycles. The van der Waals surface area contributed by atoms with E-state index in [2.05, 4.69) is 9.44 Å². The van der Waals surface area contributed by atoms with Crippen LogP contribution < -0.4 is 19.9 Å². The van der Waals surface area contributed by atoms with E-state index in [4.69, 9.17) is 10.5 Å². The molecule has 9 nitrogen and oxygen atoms in total. The summed E-state index contributed by atoms with van der Waals surface area (Å²) < 4.78 is 56.9.